The van der Waals surface area contributed by atoms with Crippen molar-refractivity contribution in [3.8, 4) is 0 Å². The van der Waals surface area contributed by atoms with Crippen LogP contribution in [0.15, 0.2) is 24.3 Å². The standard InChI is InChI=1S/C9H9ClO5/c10-5-7(11)15-9(14)4-2-1-3-6(9)8(12)13/h1-4,6,14H,5H2,(H,12,13). The lowest BCUT2D eigenvalue weighted by atomic mass is 9.94. The first kappa shape index (κ1) is 11.7. The van der Waals surface area contributed by atoms with Gasteiger partial charge in [-0.3, -0.25) is 9.59 Å². The molecule has 0 aliphatic heterocycles. The Morgan fingerprint density at radius 1 is 1.47 bits per heavy atom. The summed E-state index contributed by atoms with van der Waals surface area (Å²) in [6.07, 6.45) is 5.16. The van der Waals surface area contributed by atoms with Gasteiger partial charge >= 0.3 is 11.9 Å². The van der Waals surface area contributed by atoms with E-state index < -0.39 is 29.5 Å². The highest BCUT2D eigenvalue weighted by Gasteiger charge is 2.42. The van der Waals surface area contributed by atoms with Gasteiger partial charge < -0.3 is 14.9 Å². The number of alkyl halides is 1. The van der Waals surface area contributed by atoms with Crippen LogP contribution >= 0.6 is 11.6 Å². The molecular formula is C9H9ClO5. The predicted molar refractivity (Wildman–Crippen MR) is 51.2 cm³/mol. The molecule has 0 radical (unpaired) electrons. The van der Waals surface area contributed by atoms with Crippen molar-refractivity contribution in [3.05, 3.63) is 24.3 Å². The Morgan fingerprint density at radius 2 is 2.13 bits per heavy atom. The number of ether oxygens (including phenoxy) is 1. The van der Waals surface area contributed by atoms with Crippen LogP contribution in [0, 0.1) is 5.92 Å². The first-order chi connectivity index (χ1) is 6.99. The highest BCUT2D eigenvalue weighted by Crippen LogP contribution is 2.26. The monoisotopic (exact) mass is 232 g/mol. The minimum absolute atomic E-state index is 0.452. The summed E-state index contributed by atoms with van der Waals surface area (Å²) in [6, 6.07) is 0. The molecule has 2 atom stereocenters. The van der Waals surface area contributed by atoms with Crippen molar-refractivity contribution in [3.63, 3.8) is 0 Å². The van der Waals surface area contributed by atoms with Gasteiger partial charge in [0.25, 0.3) is 0 Å². The zero-order valence-corrected chi connectivity index (χ0v) is 8.35. The number of aliphatic hydroxyl groups is 1. The van der Waals surface area contributed by atoms with Gasteiger partial charge in [0.05, 0.1) is 0 Å². The van der Waals surface area contributed by atoms with Gasteiger partial charge in [0.1, 0.15) is 11.8 Å². The van der Waals surface area contributed by atoms with Crippen molar-refractivity contribution in [2.24, 2.45) is 5.92 Å². The fourth-order valence-electron chi connectivity index (χ4n) is 1.18. The van der Waals surface area contributed by atoms with Gasteiger partial charge in [0.15, 0.2) is 0 Å². The second-order valence-electron chi connectivity index (χ2n) is 2.92. The van der Waals surface area contributed by atoms with Crippen LogP contribution in [0.25, 0.3) is 0 Å². The molecule has 0 bridgehead atoms. The summed E-state index contributed by atoms with van der Waals surface area (Å²) in [5.41, 5.74) is 0. The largest absolute Gasteiger partial charge is 0.481 e. The second kappa shape index (κ2) is 4.46. The van der Waals surface area contributed by atoms with E-state index in [2.05, 4.69) is 4.74 Å². The Labute approximate surface area is 90.6 Å². The zero-order valence-electron chi connectivity index (χ0n) is 7.59. The van der Waals surface area contributed by atoms with Gasteiger partial charge in [-0.05, 0) is 6.08 Å². The molecule has 0 saturated carbocycles. The predicted octanol–water partition coefficient (Wildman–Crippen LogP) is 0.284. The van der Waals surface area contributed by atoms with E-state index in [0.717, 1.165) is 6.08 Å². The molecule has 6 heteroatoms. The van der Waals surface area contributed by atoms with Gasteiger partial charge in [0.2, 0.25) is 5.79 Å². The summed E-state index contributed by atoms with van der Waals surface area (Å²) in [6.45, 7) is 0. The molecule has 82 valence electrons. The fraction of sp³-hybridized carbons (Fsp3) is 0.333. The van der Waals surface area contributed by atoms with E-state index in [0.29, 0.717) is 0 Å². The smallest absolute Gasteiger partial charge is 0.323 e. The molecule has 0 aromatic rings. The molecule has 5 nitrogen and oxygen atoms in total. The van der Waals surface area contributed by atoms with Gasteiger partial charge in [-0.25, -0.2) is 0 Å². The van der Waals surface area contributed by atoms with Crippen molar-refractivity contribution >= 4 is 23.5 Å². The molecule has 1 rings (SSSR count). The molecule has 0 spiro atoms. The second-order valence-corrected chi connectivity index (χ2v) is 3.19. The van der Waals surface area contributed by atoms with Crippen LogP contribution in [0.3, 0.4) is 0 Å². The Morgan fingerprint density at radius 3 is 2.67 bits per heavy atom. The molecular weight excluding hydrogens is 224 g/mol. The number of hydrogen-bond acceptors (Lipinski definition) is 4. The van der Waals surface area contributed by atoms with Crippen molar-refractivity contribution < 1.29 is 24.5 Å². The van der Waals surface area contributed by atoms with Gasteiger partial charge in [-0.2, -0.15) is 0 Å². The Balaban J connectivity index is 2.88. The number of esters is 1. The van der Waals surface area contributed by atoms with Gasteiger partial charge in [-0.1, -0.05) is 18.2 Å². The number of aliphatic carboxylic acids is 1. The summed E-state index contributed by atoms with van der Waals surface area (Å²) < 4.78 is 4.57. The molecule has 1 aliphatic rings. The minimum atomic E-state index is -2.16. The van der Waals surface area contributed by atoms with Crippen molar-refractivity contribution in [1.29, 1.82) is 0 Å². The molecule has 0 fully saturated rings. The lowest BCUT2D eigenvalue weighted by Crippen LogP contribution is -2.45. The first-order valence-corrected chi connectivity index (χ1v) is 4.62. The van der Waals surface area contributed by atoms with E-state index in [4.69, 9.17) is 16.7 Å². The van der Waals surface area contributed by atoms with Crippen LogP contribution < -0.4 is 0 Å². The third-order valence-electron chi connectivity index (χ3n) is 1.85. The lowest BCUT2D eigenvalue weighted by Gasteiger charge is -2.29. The number of allylic oxidation sites excluding steroid dienone is 2. The number of rotatable bonds is 3. The quantitative estimate of drug-likeness (QED) is 0.415. The van der Waals surface area contributed by atoms with Crippen LogP contribution in [0.2, 0.25) is 0 Å². The number of carboxylic acids is 1. The number of carbonyl (C=O) groups excluding carboxylic acids is 1. The van der Waals surface area contributed by atoms with Gasteiger partial charge in [-0.15, -0.1) is 11.6 Å². The summed E-state index contributed by atoms with van der Waals surface area (Å²) in [4.78, 5) is 21.7. The van der Waals surface area contributed by atoms with Gasteiger partial charge in [0, 0.05) is 0 Å². The third-order valence-corrected chi connectivity index (χ3v) is 2.07. The number of hydrogen-bond donors (Lipinski definition) is 2. The Kier molecular flexibility index (Phi) is 3.49. The van der Waals surface area contributed by atoms with E-state index in [9.17, 15) is 14.7 Å². The SMILES string of the molecule is O=C(CCl)OC1(O)C=CC=CC1C(=O)O. The number of carbonyl (C=O) groups is 2. The van der Waals surface area contributed by atoms with Crippen LogP contribution in [-0.4, -0.2) is 33.8 Å². The van der Waals surface area contributed by atoms with Crippen LogP contribution in [0.4, 0.5) is 0 Å². The van der Waals surface area contributed by atoms with Crippen molar-refractivity contribution in [2.45, 2.75) is 5.79 Å². The number of halogens is 1. The molecule has 15 heavy (non-hydrogen) atoms. The molecule has 2 N–H and O–H groups in total. The average Bonchev–Trinajstić information content (AvgIpc) is 2.17. The first-order valence-electron chi connectivity index (χ1n) is 4.08. The Bertz CT molecular complexity index is 335. The zero-order chi connectivity index (χ0) is 11.5. The fourth-order valence-corrected chi connectivity index (χ4v) is 1.23. The molecule has 0 saturated heterocycles. The Hall–Kier alpha value is -1.33. The van der Waals surface area contributed by atoms with Crippen molar-refractivity contribution in [1.82, 2.24) is 0 Å². The summed E-state index contributed by atoms with van der Waals surface area (Å²) in [7, 11) is 0. The normalized spacial score (nSPS) is 28.8. The molecule has 0 heterocycles. The average molecular weight is 233 g/mol. The maximum absolute atomic E-state index is 10.9. The van der Waals surface area contributed by atoms with E-state index in [1.54, 1.807) is 0 Å². The molecule has 0 aromatic carbocycles. The summed E-state index contributed by atoms with van der Waals surface area (Å²) >= 11 is 5.19. The molecule has 0 aromatic heterocycles. The van der Waals surface area contributed by atoms with Crippen LogP contribution in [0.5, 0.6) is 0 Å². The maximum atomic E-state index is 10.9. The molecule has 2 unspecified atom stereocenters. The van der Waals surface area contributed by atoms with E-state index >= 15 is 0 Å². The topological polar surface area (TPSA) is 83.8 Å². The maximum Gasteiger partial charge on any atom is 0.323 e. The van der Waals surface area contributed by atoms with Crippen molar-refractivity contribution in [2.75, 3.05) is 5.88 Å². The van der Waals surface area contributed by atoms with E-state index in [1.807, 2.05) is 0 Å². The molecule has 0 amide bonds. The van der Waals surface area contributed by atoms with Crippen LogP contribution in [0.1, 0.15) is 0 Å². The minimum Gasteiger partial charge on any atom is -0.481 e. The summed E-state index contributed by atoms with van der Waals surface area (Å²) in [5, 5.41) is 18.6. The number of carboxylic acid groups (broad SMARTS) is 1. The van der Waals surface area contributed by atoms with E-state index in [1.165, 1.54) is 18.2 Å². The van der Waals surface area contributed by atoms with Crippen LogP contribution in [-0.2, 0) is 14.3 Å². The highest BCUT2D eigenvalue weighted by atomic mass is 35.5. The van der Waals surface area contributed by atoms with E-state index in [-0.39, 0.29) is 0 Å². The third kappa shape index (κ3) is 2.57. The summed E-state index contributed by atoms with van der Waals surface area (Å²) in [5.74, 6) is -6.11. The lowest BCUT2D eigenvalue weighted by molar-refractivity contribution is -0.205. The molecule has 1 aliphatic carbocycles. The highest BCUT2D eigenvalue weighted by molar-refractivity contribution is 6.26.